The van der Waals surface area contributed by atoms with Crippen LogP contribution in [0.4, 0.5) is 0 Å². The molecule has 0 aliphatic rings. The number of ether oxygens (including phenoxy) is 1. The Morgan fingerprint density at radius 3 is 2.11 bits per heavy atom. The van der Waals surface area contributed by atoms with Crippen LogP contribution < -0.4 is 10.5 Å². The first-order valence-electron chi connectivity index (χ1n) is 6.90. The number of methoxy groups -OCH3 is 1. The van der Waals surface area contributed by atoms with Gasteiger partial charge in [-0.05, 0) is 74.8 Å². The predicted octanol–water partition coefficient (Wildman–Crippen LogP) is 3.93. The minimum Gasteiger partial charge on any atom is -0.497 e. The van der Waals surface area contributed by atoms with Crippen LogP contribution in [0.1, 0.15) is 55.7 Å². The molecule has 0 radical (unpaired) electrons. The van der Waals surface area contributed by atoms with Crippen molar-refractivity contribution in [1.29, 1.82) is 0 Å². The van der Waals surface area contributed by atoms with Crippen LogP contribution in [0, 0.1) is 13.8 Å². The third kappa shape index (κ3) is 3.74. The van der Waals surface area contributed by atoms with E-state index in [4.69, 9.17) is 10.5 Å². The van der Waals surface area contributed by atoms with Gasteiger partial charge in [-0.25, -0.2) is 0 Å². The zero-order chi connectivity index (χ0) is 13.7. The Balaban J connectivity index is 2.98. The standard InChI is InChI=1S/C16H27NO/c1-6-14(8-7-13(4)17)16-11(2)9-15(18-5)10-12(16)3/h9-10,13-14H,6-8,17H2,1-5H3. The van der Waals surface area contributed by atoms with Crippen LogP contribution in [-0.4, -0.2) is 13.2 Å². The molecule has 0 heterocycles. The van der Waals surface area contributed by atoms with Gasteiger partial charge < -0.3 is 10.5 Å². The first kappa shape index (κ1) is 15.0. The van der Waals surface area contributed by atoms with E-state index in [9.17, 15) is 0 Å². The van der Waals surface area contributed by atoms with E-state index in [0.717, 1.165) is 12.2 Å². The zero-order valence-electron chi connectivity index (χ0n) is 12.4. The number of benzene rings is 1. The van der Waals surface area contributed by atoms with E-state index in [1.807, 2.05) is 0 Å². The summed E-state index contributed by atoms with van der Waals surface area (Å²) in [6.45, 7) is 8.70. The fraction of sp³-hybridized carbons (Fsp3) is 0.625. The molecule has 2 unspecified atom stereocenters. The minimum atomic E-state index is 0.290. The fourth-order valence-corrected chi connectivity index (χ4v) is 2.71. The summed E-state index contributed by atoms with van der Waals surface area (Å²) in [5.41, 5.74) is 10.0. The zero-order valence-corrected chi connectivity index (χ0v) is 12.4. The normalized spacial score (nSPS) is 14.3. The molecule has 0 saturated carbocycles. The van der Waals surface area contributed by atoms with Gasteiger partial charge in [-0.2, -0.15) is 0 Å². The molecule has 0 aliphatic heterocycles. The lowest BCUT2D eigenvalue weighted by Gasteiger charge is -2.22. The van der Waals surface area contributed by atoms with E-state index in [1.165, 1.54) is 29.5 Å². The van der Waals surface area contributed by atoms with Crippen molar-refractivity contribution in [3.63, 3.8) is 0 Å². The van der Waals surface area contributed by atoms with Crippen molar-refractivity contribution in [2.75, 3.05) is 7.11 Å². The van der Waals surface area contributed by atoms with Crippen LogP contribution in [0.3, 0.4) is 0 Å². The monoisotopic (exact) mass is 249 g/mol. The smallest absolute Gasteiger partial charge is 0.119 e. The van der Waals surface area contributed by atoms with E-state index in [0.29, 0.717) is 5.92 Å². The molecule has 1 aromatic rings. The van der Waals surface area contributed by atoms with Crippen LogP contribution >= 0.6 is 0 Å². The molecular weight excluding hydrogens is 222 g/mol. The second-order valence-corrected chi connectivity index (χ2v) is 5.33. The molecule has 2 atom stereocenters. The second-order valence-electron chi connectivity index (χ2n) is 5.33. The molecule has 2 heteroatoms. The second kappa shape index (κ2) is 6.79. The van der Waals surface area contributed by atoms with Gasteiger partial charge in [0.05, 0.1) is 7.11 Å². The number of aryl methyl sites for hydroxylation is 2. The molecule has 18 heavy (non-hydrogen) atoms. The van der Waals surface area contributed by atoms with Crippen molar-refractivity contribution in [2.24, 2.45) is 5.73 Å². The average Bonchev–Trinajstić information content (AvgIpc) is 2.31. The molecule has 0 fully saturated rings. The summed E-state index contributed by atoms with van der Waals surface area (Å²) in [6.07, 6.45) is 3.42. The fourth-order valence-electron chi connectivity index (χ4n) is 2.71. The lowest BCUT2D eigenvalue weighted by Crippen LogP contribution is -2.16. The van der Waals surface area contributed by atoms with E-state index < -0.39 is 0 Å². The lowest BCUT2D eigenvalue weighted by atomic mass is 9.85. The molecule has 2 nitrogen and oxygen atoms in total. The Kier molecular flexibility index (Phi) is 5.67. The van der Waals surface area contributed by atoms with Gasteiger partial charge in [-0.15, -0.1) is 0 Å². The molecular formula is C16H27NO. The SMILES string of the molecule is CCC(CCC(C)N)c1c(C)cc(OC)cc1C. The molecule has 0 aliphatic carbocycles. The van der Waals surface area contributed by atoms with E-state index >= 15 is 0 Å². The summed E-state index contributed by atoms with van der Waals surface area (Å²) in [5, 5.41) is 0. The van der Waals surface area contributed by atoms with Gasteiger partial charge in [0.2, 0.25) is 0 Å². The van der Waals surface area contributed by atoms with Gasteiger partial charge in [-0.1, -0.05) is 6.92 Å². The van der Waals surface area contributed by atoms with Crippen LogP contribution in [0.25, 0.3) is 0 Å². The third-order valence-electron chi connectivity index (χ3n) is 3.67. The summed E-state index contributed by atoms with van der Waals surface area (Å²) in [6, 6.07) is 4.56. The third-order valence-corrected chi connectivity index (χ3v) is 3.67. The lowest BCUT2D eigenvalue weighted by molar-refractivity contribution is 0.413. The highest BCUT2D eigenvalue weighted by molar-refractivity contribution is 5.43. The van der Waals surface area contributed by atoms with Gasteiger partial charge >= 0.3 is 0 Å². The highest BCUT2D eigenvalue weighted by Gasteiger charge is 2.16. The van der Waals surface area contributed by atoms with Gasteiger partial charge in [0.15, 0.2) is 0 Å². The molecule has 0 amide bonds. The minimum absolute atomic E-state index is 0.290. The van der Waals surface area contributed by atoms with E-state index in [2.05, 4.69) is 39.8 Å². The summed E-state index contributed by atoms with van der Waals surface area (Å²) in [5.74, 6) is 1.57. The predicted molar refractivity (Wildman–Crippen MR) is 78.4 cm³/mol. The summed E-state index contributed by atoms with van der Waals surface area (Å²) in [7, 11) is 1.72. The summed E-state index contributed by atoms with van der Waals surface area (Å²) in [4.78, 5) is 0. The van der Waals surface area contributed by atoms with Crippen molar-refractivity contribution < 1.29 is 4.74 Å². The largest absolute Gasteiger partial charge is 0.497 e. The molecule has 0 aromatic heterocycles. The number of nitrogens with two attached hydrogens (primary N) is 1. The van der Waals surface area contributed by atoms with Gasteiger partial charge in [0, 0.05) is 6.04 Å². The van der Waals surface area contributed by atoms with Gasteiger partial charge in [0.25, 0.3) is 0 Å². The molecule has 1 rings (SSSR count). The van der Waals surface area contributed by atoms with E-state index in [1.54, 1.807) is 7.11 Å². The van der Waals surface area contributed by atoms with Crippen molar-refractivity contribution in [3.05, 3.63) is 28.8 Å². The first-order chi connectivity index (χ1) is 8.49. The van der Waals surface area contributed by atoms with Crippen molar-refractivity contribution in [2.45, 2.75) is 58.9 Å². The Labute approximate surface area is 112 Å². The Bertz CT molecular complexity index is 362. The molecule has 0 spiro atoms. The Morgan fingerprint density at radius 2 is 1.72 bits per heavy atom. The summed E-state index contributed by atoms with van der Waals surface area (Å²) < 4.78 is 5.32. The molecule has 2 N–H and O–H groups in total. The Morgan fingerprint density at radius 1 is 1.17 bits per heavy atom. The maximum Gasteiger partial charge on any atom is 0.119 e. The van der Waals surface area contributed by atoms with Crippen LogP contribution in [0.15, 0.2) is 12.1 Å². The number of hydrogen-bond acceptors (Lipinski definition) is 2. The van der Waals surface area contributed by atoms with Crippen molar-refractivity contribution in [1.82, 2.24) is 0 Å². The van der Waals surface area contributed by atoms with Gasteiger partial charge in [0.1, 0.15) is 5.75 Å². The topological polar surface area (TPSA) is 35.2 Å². The highest BCUT2D eigenvalue weighted by Crippen LogP contribution is 2.33. The maximum atomic E-state index is 5.88. The highest BCUT2D eigenvalue weighted by atomic mass is 16.5. The Hall–Kier alpha value is -1.02. The van der Waals surface area contributed by atoms with Crippen LogP contribution in [-0.2, 0) is 0 Å². The average molecular weight is 249 g/mol. The van der Waals surface area contributed by atoms with Gasteiger partial charge in [-0.3, -0.25) is 0 Å². The van der Waals surface area contributed by atoms with Crippen LogP contribution in [0.2, 0.25) is 0 Å². The number of hydrogen-bond donors (Lipinski definition) is 1. The van der Waals surface area contributed by atoms with E-state index in [-0.39, 0.29) is 6.04 Å². The first-order valence-corrected chi connectivity index (χ1v) is 6.90. The number of rotatable bonds is 6. The molecule has 0 saturated heterocycles. The molecule has 102 valence electrons. The summed E-state index contributed by atoms with van der Waals surface area (Å²) >= 11 is 0. The molecule has 1 aromatic carbocycles. The quantitative estimate of drug-likeness (QED) is 0.829. The molecule has 0 bridgehead atoms. The van der Waals surface area contributed by atoms with Crippen molar-refractivity contribution in [3.8, 4) is 5.75 Å². The maximum absolute atomic E-state index is 5.88. The van der Waals surface area contributed by atoms with Crippen molar-refractivity contribution >= 4 is 0 Å². The van der Waals surface area contributed by atoms with Crippen LogP contribution in [0.5, 0.6) is 5.75 Å².